The summed E-state index contributed by atoms with van der Waals surface area (Å²) in [6.07, 6.45) is 0. The van der Waals surface area contributed by atoms with Crippen LogP contribution in [0.5, 0.6) is 0 Å². The van der Waals surface area contributed by atoms with E-state index in [1.54, 1.807) is 0 Å². The molecule has 0 aliphatic heterocycles. The van der Waals surface area contributed by atoms with Gasteiger partial charge in [0.15, 0.2) is 5.82 Å². The van der Waals surface area contributed by atoms with Crippen molar-refractivity contribution >= 4 is 43.5 Å². The number of fused-ring (bicyclic) bond motifs is 6. The van der Waals surface area contributed by atoms with Crippen LogP contribution in [0, 0.1) is 0 Å². The molecule has 11 rings (SSSR count). The predicted molar refractivity (Wildman–Crippen MR) is 236 cm³/mol. The Morgan fingerprint density at radius 3 is 1.56 bits per heavy atom. The lowest BCUT2D eigenvalue weighted by Crippen LogP contribution is -1.98. The summed E-state index contributed by atoms with van der Waals surface area (Å²) >= 11 is 0. The van der Waals surface area contributed by atoms with Crippen LogP contribution in [0.3, 0.4) is 0 Å². The zero-order valence-corrected chi connectivity index (χ0v) is 30.9. The molecule has 0 atom stereocenters. The Labute approximate surface area is 330 Å². The summed E-state index contributed by atoms with van der Waals surface area (Å²) in [5.74, 6) is 0.674. The summed E-state index contributed by atoms with van der Waals surface area (Å²) in [4.78, 5) is 15.8. The fourth-order valence-corrected chi connectivity index (χ4v) is 8.35. The van der Waals surface area contributed by atoms with Gasteiger partial charge in [0, 0.05) is 54.9 Å². The number of hydrogen-bond donors (Lipinski definition) is 0. The molecule has 0 bridgehead atoms. The van der Waals surface area contributed by atoms with E-state index in [0.717, 1.165) is 61.3 Å². The fraction of sp³-hybridized carbons (Fsp3) is 0. The van der Waals surface area contributed by atoms with E-state index >= 15 is 0 Å². The molecule has 0 spiro atoms. The lowest BCUT2D eigenvalue weighted by molar-refractivity contribution is 1.16. The van der Waals surface area contributed by atoms with Crippen LogP contribution < -0.4 is 0 Å². The van der Waals surface area contributed by atoms with Crippen LogP contribution in [0.4, 0.5) is 0 Å². The zero-order valence-electron chi connectivity index (χ0n) is 30.9. The lowest BCUT2D eigenvalue weighted by atomic mass is 9.92. The quantitative estimate of drug-likeness (QED) is 0.160. The number of hydrogen-bond acceptors (Lipinski definition) is 3. The second-order valence-corrected chi connectivity index (χ2v) is 14.4. The first-order chi connectivity index (χ1) is 28.3. The van der Waals surface area contributed by atoms with Gasteiger partial charge in [0.25, 0.3) is 0 Å². The van der Waals surface area contributed by atoms with E-state index in [1.807, 2.05) is 18.2 Å². The summed E-state index contributed by atoms with van der Waals surface area (Å²) in [5.41, 5.74) is 13.4. The second kappa shape index (κ2) is 13.6. The van der Waals surface area contributed by atoms with Gasteiger partial charge in [0.05, 0.1) is 33.6 Å². The molecule has 8 aromatic carbocycles. The molecule has 0 fully saturated rings. The normalized spacial score (nSPS) is 11.5. The summed E-state index contributed by atoms with van der Waals surface area (Å²) in [5, 5.41) is 5.89. The summed E-state index contributed by atoms with van der Waals surface area (Å²) in [6, 6.07) is 72.5. The van der Waals surface area contributed by atoms with E-state index in [-0.39, 0.29) is 0 Å². The number of rotatable bonds is 6. The van der Waals surface area contributed by atoms with Crippen molar-refractivity contribution in [2.75, 3.05) is 0 Å². The van der Waals surface area contributed by atoms with Gasteiger partial charge in [-0.15, -0.1) is 0 Å². The molecular formula is C53H34N4. The molecule has 11 aromatic rings. The van der Waals surface area contributed by atoms with Crippen molar-refractivity contribution in [3.05, 3.63) is 206 Å². The van der Waals surface area contributed by atoms with Crippen LogP contribution in [0.2, 0.25) is 0 Å². The van der Waals surface area contributed by atoms with E-state index < -0.39 is 0 Å². The maximum absolute atomic E-state index is 5.40. The first-order valence-electron chi connectivity index (χ1n) is 19.3. The molecule has 0 unspecified atom stereocenters. The van der Waals surface area contributed by atoms with Crippen molar-refractivity contribution in [3.63, 3.8) is 0 Å². The third kappa shape index (κ3) is 5.66. The number of para-hydroxylation sites is 2. The van der Waals surface area contributed by atoms with E-state index in [0.29, 0.717) is 5.82 Å². The average Bonchev–Trinajstić information content (AvgIpc) is 3.63. The number of benzene rings is 8. The Balaban J connectivity index is 1.12. The van der Waals surface area contributed by atoms with Crippen molar-refractivity contribution in [1.29, 1.82) is 0 Å². The zero-order chi connectivity index (χ0) is 37.7. The molecule has 266 valence electrons. The smallest absolute Gasteiger partial charge is 0.160 e. The van der Waals surface area contributed by atoms with E-state index in [9.17, 15) is 0 Å². The van der Waals surface area contributed by atoms with Crippen LogP contribution in [-0.2, 0) is 0 Å². The molecule has 0 saturated carbocycles. The van der Waals surface area contributed by atoms with Gasteiger partial charge < -0.3 is 4.57 Å². The average molecular weight is 727 g/mol. The van der Waals surface area contributed by atoms with Gasteiger partial charge in [-0.3, -0.25) is 0 Å². The first-order valence-corrected chi connectivity index (χ1v) is 19.3. The molecular weight excluding hydrogens is 693 g/mol. The Morgan fingerprint density at radius 1 is 0.333 bits per heavy atom. The van der Waals surface area contributed by atoms with Gasteiger partial charge in [-0.2, -0.15) is 0 Å². The van der Waals surface area contributed by atoms with Gasteiger partial charge in [-0.05, 0) is 47.5 Å². The highest BCUT2D eigenvalue weighted by Gasteiger charge is 2.18. The largest absolute Gasteiger partial charge is 0.309 e. The topological polar surface area (TPSA) is 43.6 Å². The molecule has 0 aliphatic carbocycles. The summed E-state index contributed by atoms with van der Waals surface area (Å²) < 4.78 is 2.35. The Morgan fingerprint density at radius 2 is 0.877 bits per heavy atom. The SMILES string of the molecule is c1ccc(-c2nc(-c3cccc(-n4c5ccccc5c5ccccc54)c3)cc(-c3ccc4c(c3)nc(-c3ccccc3)c3cccc(-c5ccccc5)c34)n2)cc1. The van der Waals surface area contributed by atoms with Crippen molar-refractivity contribution in [2.45, 2.75) is 0 Å². The molecule has 4 nitrogen and oxygen atoms in total. The van der Waals surface area contributed by atoms with Gasteiger partial charge >= 0.3 is 0 Å². The molecule has 0 amide bonds. The molecule has 3 heterocycles. The van der Waals surface area contributed by atoms with E-state index in [2.05, 4.69) is 193 Å². The number of pyridine rings is 1. The van der Waals surface area contributed by atoms with Crippen molar-refractivity contribution in [1.82, 2.24) is 19.5 Å². The van der Waals surface area contributed by atoms with E-state index in [1.165, 1.54) is 38.3 Å². The Bertz CT molecular complexity index is 3230. The Hall–Kier alpha value is -7.69. The van der Waals surface area contributed by atoms with Crippen molar-refractivity contribution in [2.24, 2.45) is 0 Å². The molecule has 57 heavy (non-hydrogen) atoms. The highest BCUT2D eigenvalue weighted by Crippen LogP contribution is 2.40. The summed E-state index contributed by atoms with van der Waals surface area (Å²) in [7, 11) is 0. The third-order valence-corrected chi connectivity index (χ3v) is 11.0. The molecule has 0 N–H and O–H groups in total. The van der Waals surface area contributed by atoms with Crippen LogP contribution in [0.15, 0.2) is 206 Å². The lowest BCUT2D eigenvalue weighted by Gasteiger charge is -2.15. The van der Waals surface area contributed by atoms with Gasteiger partial charge in [-0.1, -0.05) is 170 Å². The van der Waals surface area contributed by atoms with Gasteiger partial charge in [-0.25, -0.2) is 15.0 Å². The summed E-state index contributed by atoms with van der Waals surface area (Å²) in [6.45, 7) is 0. The van der Waals surface area contributed by atoms with Crippen LogP contribution >= 0.6 is 0 Å². The monoisotopic (exact) mass is 726 g/mol. The third-order valence-electron chi connectivity index (χ3n) is 11.0. The van der Waals surface area contributed by atoms with Crippen molar-refractivity contribution in [3.8, 4) is 62.0 Å². The van der Waals surface area contributed by atoms with Crippen molar-refractivity contribution < 1.29 is 0 Å². The molecule has 0 aliphatic rings. The maximum Gasteiger partial charge on any atom is 0.160 e. The minimum absolute atomic E-state index is 0.674. The van der Waals surface area contributed by atoms with Crippen LogP contribution in [0.1, 0.15) is 0 Å². The maximum atomic E-state index is 5.40. The molecule has 3 aromatic heterocycles. The first kappa shape index (κ1) is 32.7. The standard InChI is InChI=1S/C53H34N4/c1-4-16-35(17-5-1)41-26-15-27-45-51(41)44-31-30-39(33-48(44)54-52(45)36-18-6-2-7-19-36)47-34-46(55-53(56-47)37-20-8-3-9-21-37)38-22-14-23-40(32-38)57-49-28-12-10-24-42(49)43-25-11-13-29-50(43)57/h1-34H. The van der Waals surface area contributed by atoms with Crippen LogP contribution in [0.25, 0.3) is 105 Å². The van der Waals surface area contributed by atoms with Gasteiger partial charge in [0.2, 0.25) is 0 Å². The second-order valence-electron chi connectivity index (χ2n) is 14.4. The minimum atomic E-state index is 0.674. The highest BCUT2D eigenvalue weighted by molar-refractivity contribution is 6.17. The number of nitrogens with zero attached hydrogens (tertiary/aromatic N) is 4. The molecule has 4 heteroatoms. The molecule has 0 radical (unpaired) electrons. The fourth-order valence-electron chi connectivity index (χ4n) is 8.35. The van der Waals surface area contributed by atoms with E-state index in [4.69, 9.17) is 15.0 Å². The highest BCUT2D eigenvalue weighted by atomic mass is 15.0. The van der Waals surface area contributed by atoms with Crippen LogP contribution in [-0.4, -0.2) is 19.5 Å². The number of aromatic nitrogens is 4. The van der Waals surface area contributed by atoms with Gasteiger partial charge in [0.1, 0.15) is 0 Å². The molecule has 0 saturated heterocycles. The Kier molecular flexibility index (Phi) is 7.78. The minimum Gasteiger partial charge on any atom is -0.309 e. The predicted octanol–water partition coefficient (Wildman–Crippen LogP) is 13.6.